The first-order chi connectivity index (χ1) is 18.1. The number of aliphatic hydroxyl groups is 2. The van der Waals surface area contributed by atoms with E-state index < -0.39 is 30.6 Å². The van der Waals surface area contributed by atoms with E-state index in [1.807, 2.05) is 0 Å². The molecule has 0 bridgehead atoms. The summed E-state index contributed by atoms with van der Waals surface area (Å²) in [4.78, 5) is 29.4. The molecule has 0 spiro atoms. The van der Waals surface area contributed by atoms with E-state index in [9.17, 15) is 24.9 Å². The lowest BCUT2D eigenvalue weighted by Gasteiger charge is -2.57. The highest BCUT2D eigenvalue weighted by atomic mass is 16.6. The first-order valence-corrected chi connectivity index (χ1v) is 14.0. The summed E-state index contributed by atoms with van der Waals surface area (Å²) < 4.78 is 0. The number of hydrogen-bond donors (Lipinski definition) is 4. The third kappa shape index (κ3) is 4.77. The van der Waals surface area contributed by atoms with Gasteiger partial charge in [0.05, 0.1) is 11.8 Å². The van der Waals surface area contributed by atoms with Crippen molar-refractivity contribution in [1.29, 1.82) is 0 Å². The standard InChI is InChI=1S/C30H40N2O6/c1-29-14-12-20(16-19(29)8-9-21-22-10-11-24(33)30(22,2)15-13-23(21)29)32-38-17-25(34)31-26(28(36)37)27(35)18-6-4-3-5-7-18/h3-7,16,21-24,26-27,33,35H,8-15,17H2,1-2H3,(H,31,34)(H,36,37)/t21?,22?,23?,24?,26?,27?,29-,30-/m0/s1. The summed E-state index contributed by atoms with van der Waals surface area (Å²) in [5, 5.41) is 37.2. The van der Waals surface area contributed by atoms with Gasteiger partial charge in [-0.1, -0.05) is 54.9 Å². The van der Waals surface area contributed by atoms with E-state index in [-0.39, 0.29) is 16.9 Å². The van der Waals surface area contributed by atoms with Gasteiger partial charge in [0.15, 0.2) is 12.6 Å². The zero-order valence-electron chi connectivity index (χ0n) is 22.3. The molecule has 0 heterocycles. The quantitative estimate of drug-likeness (QED) is 0.400. The lowest BCUT2D eigenvalue weighted by Crippen LogP contribution is -2.51. The zero-order chi connectivity index (χ0) is 27.1. The highest BCUT2D eigenvalue weighted by Gasteiger charge is 2.58. The van der Waals surface area contributed by atoms with Crippen LogP contribution in [-0.4, -0.2) is 51.7 Å². The molecule has 1 aromatic carbocycles. The van der Waals surface area contributed by atoms with E-state index in [2.05, 4.69) is 30.4 Å². The minimum atomic E-state index is -1.49. The summed E-state index contributed by atoms with van der Waals surface area (Å²) >= 11 is 0. The molecule has 4 aliphatic carbocycles. The Morgan fingerprint density at radius 1 is 1.08 bits per heavy atom. The van der Waals surface area contributed by atoms with Gasteiger partial charge in [-0.3, -0.25) is 4.79 Å². The monoisotopic (exact) mass is 524 g/mol. The second-order valence-corrected chi connectivity index (χ2v) is 12.2. The first kappa shape index (κ1) is 26.9. The number of rotatable bonds is 7. The molecule has 4 aliphatic rings. The van der Waals surface area contributed by atoms with Gasteiger partial charge in [0.1, 0.15) is 6.10 Å². The highest BCUT2D eigenvalue weighted by Crippen LogP contribution is 2.65. The number of allylic oxidation sites excluding steroid dienone is 2. The predicted octanol–water partition coefficient (Wildman–Crippen LogP) is 3.99. The molecule has 0 saturated heterocycles. The summed E-state index contributed by atoms with van der Waals surface area (Å²) in [6.07, 6.45) is 8.86. The van der Waals surface area contributed by atoms with Crippen LogP contribution in [0.25, 0.3) is 0 Å². The number of carbonyl (C=O) groups excluding carboxylic acids is 1. The molecule has 3 saturated carbocycles. The molecule has 38 heavy (non-hydrogen) atoms. The smallest absolute Gasteiger partial charge is 0.329 e. The molecule has 1 aromatic rings. The fourth-order valence-electron chi connectivity index (χ4n) is 8.12. The average molecular weight is 525 g/mol. The van der Waals surface area contributed by atoms with Crippen molar-refractivity contribution in [1.82, 2.24) is 5.32 Å². The Morgan fingerprint density at radius 3 is 2.58 bits per heavy atom. The molecule has 5 rings (SSSR count). The molecule has 206 valence electrons. The summed E-state index contributed by atoms with van der Waals surface area (Å²) in [6.45, 7) is 4.28. The lowest BCUT2D eigenvalue weighted by molar-refractivity contribution is -0.146. The Morgan fingerprint density at radius 2 is 1.84 bits per heavy atom. The topological polar surface area (TPSA) is 128 Å². The van der Waals surface area contributed by atoms with E-state index in [4.69, 9.17) is 4.84 Å². The van der Waals surface area contributed by atoms with Crippen LogP contribution in [-0.2, 0) is 14.4 Å². The van der Waals surface area contributed by atoms with Crippen molar-refractivity contribution in [3.63, 3.8) is 0 Å². The van der Waals surface area contributed by atoms with Gasteiger partial charge in [-0.25, -0.2) is 4.79 Å². The SMILES string of the molecule is C[C@]12CCC3C(CCC4=CC(=NOCC(=O)NC(C(=O)O)C(O)c5ccccc5)CC[C@@]43C)C1CCC2O. The van der Waals surface area contributed by atoms with E-state index in [1.165, 1.54) is 5.57 Å². The minimum absolute atomic E-state index is 0.0746. The van der Waals surface area contributed by atoms with Crippen LogP contribution in [0.4, 0.5) is 0 Å². The van der Waals surface area contributed by atoms with Crippen molar-refractivity contribution in [3.05, 3.63) is 47.5 Å². The van der Waals surface area contributed by atoms with Gasteiger partial charge in [-0.05, 0) is 91.6 Å². The normalized spacial score (nSPS) is 36.7. The van der Waals surface area contributed by atoms with Crippen LogP contribution in [0.2, 0.25) is 0 Å². The molecule has 1 amide bonds. The largest absolute Gasteiger partial charge is 0.480 e. The molecule has 4 N–H and O–H groups in total. The number of oxime groups is 1. The van der Waals surface area contributed by atoms with Gasteiger partial charge in [0, 0.05) is 0 Å². The number of fused-ring (bicyclic) bond motifs is 5. The Kier molecular flexibility index (Phi) is 7.40. The van der Waals surface area contributed by atoms with Crippen LogP contribution < -0.4 is 5.32 Å². The maximum atomic E-state index is 12.4. The van der Waals surface area contributed by atoms with Gasteiger partial charge in [-0.15, -0.1) is 0 Å². The number of carboxylic acids is 1. The van der Waals surface area contributed by atoms with Gasteiger partial charge in [-0.2, -0.15) is 0 Å². The molecule has 8 atom stereocenters. The van der Waals surface area contributed by atoms with Crippen molar-refractivity contribution < 1.29 is 29.7 Å². The Balaban J connectivity index is 1.19. The van der Waals surface area contributed by atoms with Crippen molar-refractivity contribution in [2.45, 2.75) is 83.5 Å². The molecular formula is C30H40N2O6. The zero-order valence-corrected chi connectivity index (χ0v) is 22.3. The predicted molar refractivity (Wildman–Crippen MR) is 142 cm³/mol. The van der Waals surface area contributed by atoms with Gasteiger partial charge >= 0.3 is 5.97 Å². The van der Waals surface area contributed by atoms with E-state index in [0.29, 0.717) is 23.3 Å². The molecule has 0 radical (unpaired) electrons. The molecule has 8 heteroatoms. The van der Waals surface area contributed by atoms with E-state index >= 15 is 0 Å². The molecule has 8 nitrogen and oxygen atoms in total. The van der Waals surface area contributed by atoms with Gasteiger partial charge in [0.2, 0.25) is 0 Å². The van der Waals surface area contributed by atoms with Crippen LogP contribution >= 0.6 is 0 Å². The fourth-order valence-corrected chi connectivity index (χ4v) is 8.12. The fraction of sp³-hybridized carbons (Fsp3) is 0.633. The summed E-state index contributed by atoms with van der Waals surface area (Å²) in [5.41, 5.74) is 2.83. The van der Waals surface area contributed by atoms with E-state index in [1.54, 1.807) is 30.3 Å². The van der Waals surface area contributed by atoms with Gasteiger partial charge in [0.25, 0.3) is 5.91 Å². The second-order valence-electron chi connectivity index (χ2n) is 12.2. The number of benzene rings is 1. The number of amides is 1. The van der Waals surface area contributed by atoms with E-state index in [0.717, 1.165) is 57.1 Å². The lowest BCUT2D eigenvalue weighted by atomic mass is 9.47. The number of nitrogens with zero attached hydrogens (tertiary/aromatic N) is 1. The molecule has 0 aromatic heterocycles. The maximum absolute atomic E-state index is 12.4. The number of aliphatic hydroxyl groups excluding tert-OH is 2. The molecule has 3 fully saturated rings. The molecule has 0 aliphatic heterocycles. The summed E-state index contributed by atoms with van der Waals surface area (Å²) in [5.74, 6) is -0.0813. The van der Waals surface area contributed by atoms with Gasteiger partial charge < -0.3 is 25.5 Å². The van der Waals surface area contributed by atoms with Crippen LogP contribution in [0.15, 0.2) is 47.1 Å². The van der Waals surface area contributed by atoms with Crippen LogP contribution in [0.3, 0.4) is 0 Å². The first-order valence-electron chi connectivity index (χ1n) is 14.0. The third-order valence-electron chi connectivity index (χ3n) is 10.3. The highest BCUT2D eigenvalue weighted by molar-refractivity contribution is 5.96. The molecular weight excluding hydrogens is 484 g/mol. The number of carboxylic acid groups (broad SMARTS) is 1. The third-order valence-corrected chi connectivity index (χ3v) is 10.3. The Hall–Kier alpha value is -2.71. The van der Waals surface area contributed by atoms with Crippen molar-refractivity contribution >= 4 is 17.6 Å². The summed E-state index contributed by atoms with van der Waals surface area (Å²) in [7, 11) is 0. The van der Waals surface area contributed by atoms with Crippen molar-refractivity contribution in [2.75, 3.05) is 6.61 Å². The van der Waals surface area contributed by atoms with Crippen LogP contribution in [0, 0.1) is 28.6 Å². The second kappa shape index (κ2) is 10.5. The number of hydrogen-bond acceptors (Lipinski definition) is 6. The minimum Gasteiger partial charge on any atom is -0.480 e. The number of nitrogens with one attached hydrogen (secondary N) is 1. The Labute approximate surface area is 224 Å². The summed E-state index contributed by atoms with van der Waals surface area (Å²) in [6, 6.07) is 6.87. The van der Waals surface area contributed by atoms with Crippen LogP contribution in [0.1, 0.15) is 76.9 Å². The number of carbonyl (C=O) groups is 2. The number of aliphatic carboxylic acids is 1. The Bertz CT molecular complexity index is 1120. The molecule has 6 unspecified atom stereocenters. The van der Waals surface area contributed by atoms with Crippen molar-refractivity contribution in [2.24, 2.45) is 33.7 Å². The maximum Gasteiger partial charge on any atom is 0.329 e. The average Bonchev–Trinajstić information content (AvgIpc) is 3.21. The van der Waals surface area contributed by atoms with Crippen LogP contribution in [0.5, 0.6) is 0 Å². The van der Waals surface area contributed by atoms with Crippen molar-refractivity contribution in [3.8, 4) is 0 Å².